The first kappa shape index (κ1) is 19.9. The summed E-state index contributed by atoms with van der Waals surface area (Å²) in [5.74, 6) is -0.828. The number of carboxylic acid groups (broad SMARTS) is 1. The molecular formula is C15H19Cl4NO2. The molecule has 0 aromatic heterocycles. The molecular weight excluding hydrogens is 368 g/mol. The van der Waals surface area contributed by atoms with Crippen LogP contribution < -0.4 is 5.73 Å². The average Bonchev–Trinajstić information content (AvgIpc) is 2.39. The molecule has 22 heavy (non-hydrogen) atoms. The number of benzene rings is 1. The van der Waals surface area contributed by atoms with Crippen molar-refractivity contribution in [3.63, 3.8) is 0 Å². The van der Waals surface area contributed by atoms with Gasteiger partial charge in [0, 0.05) is 0 Å². The summed E-state index contributed by atoms with van der Waals surface area (Å²) in [6.45, 7) is 3.50. The number of carbonyl (C=O) groups is 1. The SMILES string of the molecule is CC(CCCc1c(Cl)c(Cl)cc(Cl)c1Cl)CC(C)(N)C(=O)O. The summed E-state index contributed by atoms with van der Waals surface area (Å²) >= 11 is 24.3. The quantitative estimate of drug-likeness (QED) is 0.612. The maximum absolute atomic E-state index is 11.0. The van der Waals surface area contributed by atoms with Gasteiger partial charge in [-0.2, -0.15) is 0 Å². The number of aliphatic carboxylic acids is 1. The maximum Gasteiger partial charge on any atom is 0.323 e. The van der Waals surface area contributed by atoms with Gasteiger partial charge in [-0.05, 0) is 43.7 Å². The van der Waals surface area contributed by atoms with Crippen LogP contribution in [0.15, 0.2) is 6.07 Å². The normalized spacial score (nSPS) is 15.4. The molecule has 0 saturated carbocycles. The fourth-order valence-corrected chi connectivity index (χ4v) is 3.42. The zero-order valence-electron chi connectivity index (χ0n) is 12.4. The van der Waals surface area contributed by atoms with Crippen molar-refractivity contribution in [3.05, 3.63) is 31.7 Å². The Bertz CT molecular complexity index is 535. The first-order chi connectivity index (χ1) is 10.1. The summed E-state index contributed by atoms with van der Waals surface area (Å²) in [6, 6.07) is 1.52. The van der Waals surface area contributed by atoms with Gasteiger partial charge in [-0.15, -0.1) is 0 Å². The third kappa shape index (κ3) is 5.17. The summed E-state index contributed by atoms with van der Waals surface area (Å²) in [7, 11) is 0. The number of hydrogen-bond donors (Lipinski definition) is 2. The fraction of sp³-hybridized carbons (Fsp3) is 0.533. The van der Waals surface area contributed by atoms with Crippen molar-refractivity contribution < 1.29 is 9.90 Å². The van der Waals surface area contributed by atoms with Gasteiger partial charge < -0.3 is 10.8 Å². The minimum absolute atomic E-state index is 0.165. The Morgan fingerprint density at radius 2 is 1.77 bits per heavy atom. The lowest BCUT2D eigenvalue weighted by Gasteiger charge is -2.23. The maximum atomic E-state index is 11.0. The topological polar surface area (TPSA) is 63.3 Å². The van der Waals surface area contributed by atoms with Gasteiger partial charge in [-0.3, -0.25) is 4.79 Å². The summed E-state index contributed by atoms with van der Waals surface area (Å²) in [5, 5.41) is 10.6. The van der Waals surface area contributed by atoms with Crippen LogP contribution >= 0.6 is 46.4 Å². The van der Waals surface area contributed by atoms with E-state index < -0.39 is 11.5 Å². The predicted octanol–water partition coefficient (Wildman–Crippen LogP) is 5.45. The predicted molar refractivity (Wildman–Crippen MR) is 93.4 cm³/mol. The molecule has 2 unspecified atom stereocenters. The second-order valence-electron chi connectivity index (χ2n) is 5.87. The molecule has 0 bridgehead atoms. The molecule has 0 saturated heterocycles. The van der Waals surface area contributed by atoms with E-state index in [9.17, 15) is 4.79 Å². The third-order valence-corrected chi connectivity index (χ3v) is 5.24. The van der Waals surface area contributed by atoms with E-state index in [0.29, 0.717) is 32.9 Å². The van der Waals surface area contributed by atoms with Crippen LogP contribution in [0.2, 0.25) is 20.1 Å². The van der Waals surface area contributed by atoms with Gasteiger partial charge in [0.2, 0.25) is 0 Å². The second-order valence-corrected chi connectivity index (χ2v) is 7.44. The number of halogens is 4. The minimum atomic E-state index is -1.21. The van der Waals surface area contributed by atoms with E-state index in [0.717, 1.165) is 18.4 Å². The highest BCUT2D eigenvalue weighted by Gasteiger charge is 2.29. The highest BCUT2D eigenvalue weighted by molar-refractivity contribution is 6.48. The first-order valence-electron chi connectivity index (χ1n) is 6.90. The van der Waals surface area contributed by atoms with Crippen LogP contribution in [0.5, 0.6) is 0 Å². The van der Waals surface area contributed by atoms with Crippen LogP contribution in [0.4, 0.5) is 0 Å². The van der Waals surface area contributed by atoms with Crippen molar-refractivity contribution in [2.24, 2.45) is 11.7 Å². The highest BCUT2D eigenvalue weighted by Crippen LogP contribution is 2.38. The Balaban J connectivity index is 2.64. The lowest BCUT2D eigenvalue weighted by Crippen LogP contribution is -2.46. The number of rotatable bonds is 7. The Labute approximate surface area is 150 Å². The largest absolute Gasteiger partial charge is 0.480 e. The van der Waals surface area contributed by atoms with Crippen LogP contribution in [0.25, 0.3) is 0 Å². The van der Waals surface area contributed by atoms with Crippen LogP contribution in [-0.4, -0.2) is 16.6 Å². The van der Waals surface area contributed by atoms with Gasteiger partial charge >= 0.3 is 5.97 Å². The molecule has 7 heteroatoms. The highest BCUT2D eigenvalue weighted by atomic mass is 35.5. The monoisotopic (exact) mass is 385 g/mol. The van der Waals surface area contributed by atoms with Gasteiger partial charge in [0.25, 0.3) is 0 Å². The van der Waals surface area contributed by atoms with Gasteiger partial charge in [0.1, 0.15) is 5.54 Å². The summed E-state index contributed by atoms with van der Waals surface area (Å²) < 4.78 is 0. The molecule has 0 fully saturated rings. The van der Waals surface area contributed by atoms with E-state index in [2.05, 4.69) is 0 Å². The number of nitrogens with two attached hydrogens (primary N) is 1. The van der Waals surface area contributed by atoms with Crippen molar-refractivity contribution in [3.8, 4) is 0 Å². The third-order valence-electron chi connectivity index (χ3n) is 3.59. The average molecular weight is 387 g/mol. The molecule has 0 heterocycles. The number of hydrogen-bond acceptors (Lipinski definition) is 2. The minimum Gasteiger partial charge on any atom is -0.480 e. The van der Waals surface area contributed by atoms with Crippen molar-refractivity contribution in [2.75, 3.05) is 0 Å². The van der Waals surface area contributed by atoms with Crippen LogP contribution in [-0.2, 0) is 11.2 Å². The lowest BCUT2D eigenvalue weighted by molar-refractivity contribution is -0.143. The zero-order valence-corrected chi connectivity index (χ0v) is 15.5. The van der Waals surface area contributed by atoms with E-state index >= 15 is 0 Å². The van der Waals surface area contributed by atoms with E-state index in [1.807, 2.05) is 6.92 Å². The molecule has 3 nitrogen and oxygen atoms in total. The molecule has 0 radical (unpaired) electrons. The molecule has 0 aliphatic carbocycles. The molecule has 0 aliphatic rings. The Hall–Kier alpha value is -0.190. The molecule has 1 aromatic rings. The molecule has 0 amide bonds. The molecule has 1 rings (SSSR count). The van der Waals surface area contributed by atoms with Gasteiger partial charge in [-0.1, -0.05) is 59.7 Å². The van der Waals surface area contributed by atoms with Gasteiger partial charge in [0.05, 0.1) is 20.1 Å². The smallest absolute Gasteiger partial charge is 0.323 e. The van der Waals surface area contributed by atoms with E-state index in [4.69, 9.17) is 57.2 Å². The van der Waals surface area contributed by atoms with Gasteiger partial charge in [-0.25, -0.2) is 0 Å². The zero-order chi connectivity index (χ0) is 17.1. The van der Waals surface area contributed by atoms with E-state index in [1.54, 1.807) is 0 Å². The van der Waals surface area contributed by atoms with Crippen molar-refractivity contribution in [2.45, 2.75) is 45.1 Å². The Kier molecular flexibility index (Phi) is 7.28. The first-order valence-corrected chi connectivity index (χ1v) is 8.41. The second kappa shape index (κ2) is 8.07. The molecule has 0 spiro atoms. The van der Waals surface area contributed by atoms with E-state index in [-0.39, 0.29) is 5.92 Å². The van der Waals surface area contributed by atoms with Crippen molar-refractivity contribution in [1.82, 2.24) is 0 Å². The van der Waals surface area contributed by atoms with Crippen LogP contribution in [0, 0.1) is 5.92 Å². The summed E-state index contributed by atoms with van der Waals surface area (Å²) in [5.41, 5.74) is 5.26. The summed E-state index contributed by atoms with van der Waals surface area (Å²) in [6.07, 6.45) is 2.61. The van der Waals surface area contributed by atoms with Crippen molar-refractivity contribution >= 4 is 52.4 Å². The van der Waals surface area contributed by atoms with Crippen LogP contribution in [0.1, 0.15) is 38.7 Å². The van der Waals surface area contributed by atoms with Crippen LogP contribution in [0.3, 0.4) is 0 Å². The summed E-state index contributed by atoms with van der Waals surface area (Å²) in [4.78, 5) is 11.0. The fourth-order valence-electron chi connectivity index (χ4n) is 2.38. The van der Waals surface area contributed by atoms with Crippen molar-refractivity contribution in [1.29, 1.82) is 0 Å². The Morgan fingerprint density at radius 1 is 1.27 bits per heavy atom. The molecule has 2 atom stereocenters. The number of carboxylic acids is 1. The molecule has 124 valence electrons. The molecule has 1 aromatic carbocycles. The lowest BCUT2D eigenvalue weighted by atomic mass is 9.87. The Morgan fingerprint density at radius 3 is 2.23 bits per heavy atom. The van der Waals surface area contributed by atoms with E-state index in [1.165, 1.54) is 13.0 Å². The standard InChI is InChI=1S/C15H19Cl4NO2/c1-8(7-15(2,20)14(21)22)4-3-5-9-12(18)10(16)6-11(17)13(9)19/h6,8H,3-5,7,20H2,1-2H3,(H,21,22). The van der Waals surface area contributed by atoms with Gasteiger partial charge in [0.15, 0.2) is 0 Å². The molecule has 0 aliphatic heterocycles. The molecule has 3 N–H and O–H groups in total.